The molecule has 0 aliphatic rings. The molecule has 1 unspecified atom stereocenters. The molecule has 0 aliphatic heterocycles. The molecule has 0 aliphatic carbocycles. The summed E-state index contributed by atoms with van der Waals surface area (Å²) in [5.74, 6) is 2.49. The zero-order chi connectivity index (χ0) is 10.4. The van der Waals surface area contributed by atoms with Gasteiger partial charge in [-0.25, -0.2) is 4.79 Å². The number of hydrogen-bond donors (Lipinski definition) is 1. The number of hydrogen-bond acceptors (Lipinski definition) is 2. The molecule has 1 atom stereocenters. The lowest BCUT2D eigenvalue weighted by Gasteiger charge is -2.13. The van der Waals surface area contributed by atoms with Crippen molar-refractivity contribution in [1.82, 2.24) is 0 Å². The molecule has 0 heterocycles. The number of aliphatic carboxylic acids is 1. The van der Waals surface area contributed by atoms with Crippen LogP contribution in [0.25, 0.3) is 0 Å². The van der Waals surface area contributed by atoms with Gasteiger partial charge in [-0.2, -0.15) is 0 Å². The summed E-state index contributed by atoms with van der Waals surface area (Å²) in [5, 5.41) is 8.23. The quantitative estimate of drug-likeness (QED) is 0.529. The molecule has 0 saturated carbocycles. The monoisotopic (exact) mass is 182 g/mol. The fourth-order valence-corrected chi connectivity index (χ4v) is 1.17. The average Bonchev–Trinajstić information content (AvgIpc) is 2.01. The molecule has 0 radical (unpaired) electrons. The van der Waals surface area contributed by atoms with Crippen LogP contribution in [0.2, 0.25) is 0 Å². The van der Waals surface area contributed by atoms with Gasteiger partial charge in [0.25, 0.3) is 0 Å². The van der Waals surface area contributed by atoms with Crippen LogP contribution in [-0.2, 0) is 9.59 Å². The molecule has 3 heteroatoms. The Morgan fingerprint density at radius 1 is 1.31 bits per heavy atom. The van der Waals surface area contributed by atoms with Crippen LogP contribution in [0.3, 0.4) is 0 Å². The first-order chi connectivity index (χ1) is 5.99. The fourth-order valence-electron chi connectivity index (χ4n) is 1.17. The van der Waals surface area contributed by atoms with E-state index in [1.165, 1.54) is 0 Å². The number of carboxylic acids is 1. The van der Waals surface area contributed by atoms with Crippen molar-refractivity contribution < 1.29 is 14.7 Å². The zero-order valence-corrected chi connectivity index (χ0v) is 8.13. The maximum absolute atomic E-state index is 11.3. The molecular formula is C10H14O3. The number of Topliss-reactive ketones (excluding diaryl/α,β-unsaturated/α-hetero) is 1. The Labute approximate surface area is 78.1 Å². The Bertz CT molecular complexity index is 255. The maximum atomic E-state index is 11.3. The van der Waals surface area contributed by atoms with Crippen LogP contribution < -0.4 is 0 Å². The molecule has 72 valence electrons. The highest BCUT2D eigenvalue weighted by Gasteiger charge is 2.17. The first kappa shape index (κ1) is 11.7. The van der Waals surface area contributed by atoms with Crippen LogP contribution in [0.4, 0.5) is 0 Å². The minimum Gasteiger partial charge on any atom is -0.472 e. The Kier molecular flexibility index (Phi) is 4.83. The smallest absolute Gasteiger partial charge is 0.382 e. The standard InChI is InChI=1S/C10H14O3/c1-4-8(7(2)3)9(11)5-6-10(12)13/h7-8H,4H2,1-3H3,(H,12,13). The van der Waals surface area contributed by atoms with E-state index in [2.05, 4.69) is 5.92 Å². The maximum Gasteiger partial charge on any atom is 0.382 e. The van der Waals surface area contributed by atoms with Crippen LogP contribution in [-0.4, -0.2) is 16.9 Å². The zero-order valence-electron chi connectivity index (χ0n) is 8.13. The van der Waals surface area contributed by atoms with Gasteiger partial charge in [-0.3, -0.25) is 4.79 Å². The van der Waals surface area contributed by atoms with Gasteiger partial charge in [-0.1, -0.05) is 20.8 Å². The van der Waals surface area contributed by atoms with Crippen molar-refractivity contribution in [2.45, 2.75) is 27.2 Å². The summed E-state index contributed by atoms with van der Waals surface area (Å²) < 4.78 is 0. The molecule has 0 rings (SSSR count). The van der Waals surface area contributed by atoms with Crippen molar-refractivity contribution in [2.24, 2.45) is 11.8 Å². The molecule has 1 N–H and O–H groups in total. The fraction of sp³-hybridized carbons (Fsp3) is 0.600. The largest absolute Gasteiger partial charge is 0.472 e. The van der Waals surface area contributed by atoms with Gasteiger partial charge in [0, 0.05) is 11.8 Å². The highest BCUT2D eigenvalue weighted by molar-refractivity contribution is 6.02. The summed E-state index contributed by atoms with van der Waals surface area (Å²) in [7, 11) is 0. The van der Waals surface area contributed by atoms with Gasteiger partial charge in [-0.05, 0) is 18.3 Å². The number of carbonyl (C=O) groups is 2. The van der Waals surface area contributed by atoms with Gasteiger partial charge >= 0.3 is 5.97 Å². The number of ketones is 1. The predicted octanol–water partition coefficient (Wildman–Crippen LogP) is 1.33. The third-order valence-corrected chi connectivity index (χ3v) is 1.87. The van der Waals surface area contributed by atoms with E-state index in [0.717, 1.165) is 0 Å². The van der Waals surface area contributed by atoms with Crippen LogP contribution in [0, 0.1) is 23.7 Å². The van der Waals surface area contributed by atoms with Crippen molar-refractivity contribution in [3.63, 3.8) is 0 Å². The molecule has 0 bridgehead atoms. The third-order valence-electron chi connectivity index (χ3n) is 1.87. The Morgan fingerprint density at radius 3 is 2.15 bits per heavy atom. The van der Waals surface area contributed by atoms with E-state index < -0.39 is 5.97 Å². The third kappa shape index (κ3) is 4.32. The lowest BCUT2D eigenvalue weighted by atomic mass is 9.89. The van der Waals surface area contributed by atoms with E-state index in [4.69, 9.17) is 5.11 Å². The molecular weight excluding hydrogens is 168 g/mol. The molecule has 13 heavy (non-hydrogen) atoms. The second-order valence-corrected chi connectivity index (χ2v) is 3.18. The first-order valence-electron chi connectivity index (χ1n) is 4.27. The Hall–Kier alpha value is -1.30. The van der Waals surface area contributed by atoms with Crippen molar-refractivity contribution in [3.05, 3.63) is 0 Å². The SMILES string of the molecule is CCC(C(=O)C#CC(=O)O)C(C)C. The van der Waals surface area contributed by atoms with Crippen LogP contribution >= 0.6 is 0 Å². The van der Waals surface area contributed by atoms with Gasteiger partial charge < -0.3 is 5.11 Å². The summed E-state index contributed by atoms with van der Waals surface area (Å²) in [6.45, 7) is 5.74. The molecule has 0 fully saturated rings. The summed E-state index contributed by atoms with van der Waals surface area (Å²) >= 11 is 0. The molecule has 0 aromatic heterocycles. The number of rotatable bonds is 3. The van der Waals surface area contributed by atoms with Gasteiger partial charge in [0.05, 0.1) is 0 Å². The summed E-state index contributed by atoms with van der Waals surface area (Å²) in [4.78, 5) is 21.3. The number of carbonyl (C=O) groups excluding carboxylic acids is 1. The highest BCUT2D eigenvalue weighted by atomic mass is 16.4. The van der Waals surface area contributed by atoms with Crippen LogP contribution in [0.15, 0.2) is 0 Å². The van der Waals surface area contributed by atoms with E-state index in [1.54, 1.807) is 0 Å². The van der Waals surface area contributed by atoms with Crippen molar-refractivity contribution >= 4 is 11.8 Å². The van der Waals surface area contributed by atoms with Gasteiger partial charge in [0.15, 0.2) is 0 Å². The predicted molar refractivity (Wildman–Crippen MR) is 49.0 cm³/mol. The summed E-state index contributed by atoms with van der Waals surface area (Å²) in [5.41, 5.74) is 0. The van der Waals surface area contributed by atoms with Gasteiger partial charge in [0.2, 0.25) is 5.78 Å². The van der Waals surface area contributed by atoms with E-state index >= 15 is 0 Å². The molecule has 0 aromatic carbocycles. The van der Waals surface area contributed by atoms with E-state index in [-0.39, 0.29) is 17.6 Å². The van der Waals surface area contributed by atoms with Crippen LogP contribution in [0.1, 0.15) is 27.2 Å². The van der Waals surface area contributed by atoms with Crippen LogP contribution in [0.5, 0.6) is 0 Å². The van der Waals surface area contributed by atoms with Crippen molar-refractivity contribution in [3.8, 4) is 11.8 Å². The molecule has 0 saturated heterocycles. The molecule has 3 nitrogen and oxygen atoms in total. The normalized spacial score (nSPS) is 11.7. The molecule has 0 spiro atoms. The topological polar surface area (TPSA) is 54.4 Å². The van der Waals surface area contributed by atoms with Gasteiger partial charge in [-0.15, -0.1) is 0 Å². The number of carboxylic acid groups (broad SMARTS) is 1. The minimum atomic E-state index is -1.26. The van der Waals surface area contributed by atoms with E-state index in [0.29, 0.717) is 6.42 Å². The summed E-state index contributed by atoms with van der Waals surface area (Å²) in [6.07, 6.45) is 0.699. The molecule has 0 aromatic rings. The Balaban J connectivity index is 4.42. The minimum absolute atomic E-state index is 0.146. The second-order valence-electron chi connectivity index (χ2n) is 3.18. The van der Waals surface area contributed by atoms with Crippen molar-refractivity contribution in [1.29, 1.82) is 0 Å². The van der Waals surface area contributed by atoms with Gasteiger partial charge in [0.1, 0.15) is 0 Å². The average molecular weight is 182 g/mol. The lowest BCUT2D eigenvalue weighted by molar-refractivity contribution is -0.130. The Morgan fingerprint density at radius 2 is 1.85 bits per heavy atom. The lowest BCUT2D eigenvalue weighted by Crippen LogP contribution is -2.17. The van der Waals surface area contributed by atoms with Crippen molar-refractivity contribution in [2.75, 3.05) is 0 Å². The second kappa shape index (κ2) is 5.36. The first-order valence-corrected chi connectivity index (χ1v) is 4.27. The summed E-state index contributed by atoms with van der Waals surface area (Å²) in [6, 6.07) is 0. The van der Waals surface area contributed by atoms with E-state index in [9.17, 15) is 9.59 Å². The molecule has 0 amide bonds. The highest BCUT2D eigenvalue weighted by Crippen LogP contribution is 2.15. The van der Waals surface area contributed by atoms with E-state index in [1.807, 2.05) is 26.7 Å².